The number of hydrogen-bond donors (Lipinski definition) is 0. The van der Waals surface area contributed by atoms with Gasteiger partial charge in [0.1, 0.15) is 24.9 Å². The maximum Gasteiger partial charge on any atom is 0.124 e. The Morgan fingerprint density at radius 2 is 1.83 bits per heavy atom. The molecule has 0 spiro atoms. The van der Waals surface area contributed by atoms with Crippen molar-refractivity contribution in [1.82, 2.24) is 0 Å². The molecule has 0 aromatic carbocycles. The molecule has 0 bridgehead atoms. The number of epoxide rings is 1. The third-order valence-electron chi connectivity index (χ3n) is 3.22. The van der Waals surface area contributed by atoms with Crippen molar-refractivity contribution in [1.29, 1.82) is 0 Å². The summed E-state index contributed by atoms with van der Waals surface area (Å²) in [4.78, 5) is 10.3. The molecule has 2 heterocycles. The van der Waals surface area contributed by atoms with Gasteiger partial charge in [0.25, 0.3) is 0 Å². The maximum atomic E-state index is 5.45. The fraction of sp³-hybridized carbons (Fsp3) is 1.00. The predicted molar refractivity (Wildman–Crippen MR) is 41.4 cm³/mol. The van der Waals surface area contributed by atoms with Crippen LogP contribution in [0.15, 0.2) is 0 Å². The fourth-order valence-electron chi connectivity index (χ4n) is 2.45. The van der Waals surface area contributed by atoms with Gasteiger partial charge in [0.05, 0.1) is 0 Å². The van der Waals surface area contributed by atoms with Crippen molar-refractivity contribution in [2.45, 2.75) is 44.0 Å². The molecule has 0 N–H and O–H groups in total. The van der Waals surface area contributed by atoms with Crippen LogP contribution in [0, 0.1) is 5.92 Å². The van der Waals surface area contributed by atoms with E-state index in [1.165, 1.54) is 25.7 Å². The minimum absolute atomic E-state index is 0.242. The molecule has 0 aromatic heterocycles. The molecule has 68 valence electrons. The van der Waals surface area contributed by atoms with Crippen LogP contribution in [0.25, 0.3) is 0 Å². The van der Waals surface area contributed by atoms with Crippen molar-refractivity contribution in [3.8, 4) is 0 Å². The van der Waals surface area contributed by atoms with Crippen LogP contribution in [0.2, 0.25) is 0 Å². The number of hydrogen-bond acceptors (Lipinski definition) is 3. The molecule has 3 heteroatoms. The van der Waals surface area contributed by atoms with E-state index in [0.717, 1.165) is 0 Å². The summed E-state index contributed by atoms with van der Waals surface area (Å²) in [6.45, 7) is 0.633. The Morgan fingerprint density at radius 3 is 2.67 bits per heavy atom. The van der Waals surface area contributed by atoms with Gasteiger partial charge in [0, 0.05) is 0 Å². The summed E-state index contributed by atoms with van der Waals surface area (Å²) in [5.41, 5.74) is 0. The molecule has 1 aliphatic carbocycles. The molecule has 0 amide bonds. The van der Waals surface area contributed by atoms with E-state index in [1.54, 1.807) is 0 Å². The molecule has 0 aromatic rings. The largest absolute Gasteiger partial charge is 0.364 e. The molecule has 0 unspecified atom stereocenters. The summed E-state index contributed by atoms with van der Waals surface area (Å²) in [6.07, 6.45) is 6.24. The lowest BCUT2D eigenvalue weighted by molar-refractivity contribution is -0.345. The first kappa shape index (κ1) is 7.30. The van der Waals surface area contributed by atoms with Crippen molar-refractivity contribution in [3.05, 3.63) is 0 Å². The second kappa shape index (κ2) is 2.69. The Kier molecular flexibility index (Phi) is 1.63. The van der Waals surface area contributed by atoms with Crippen LogP contribution in [-0.4, -0.2) is 24.9 Å². The summed E-state index contributed by atoms with van der Waals surface area (Å²) >= 11 is 0. The fourth-order valence-corrected chi connectivity index (χ4v) is 2.45. The lowest BCUT2D eigenvalue weighted by atomic mass is 9.96. The summed E-state index contributed by atoms with van der Waals surface area (Å²) in [6, 6.07) is 0. The summed E-state index contributed by atoms with van der Waals surface area (Å²) < 4.78 is 5.45. The van der Waals surface area contributed by atoms with E-state index in [-0.39, 0.29) is 6.10 Å². The molecule has 2 saturated heterocycles. The van der Waals surface area contributed by atoms with Gasteiger partial charge in [-0.05, 0) is 18.8 Å². The molecule has 3 nitrogen and oxygen atoms in total. The van der Waals surface area contributed by atoms with Gasteiger partial charge in [-0.15, -0.1) is 0 Å². The van der Waals surface area contributed by atoms with Gasteiger partial charge in [-0.25, -0.2) is 9.78 Å². The molecule has 3 atom stereocenters. The van der Waals surface area contributed by atoms with Crippen molar-refractivity contribution in [3.63, 3.8) is 0 Å². The van der Waals surface area contributed by atoms with Crippen LogP contribution in [0.3, 0.4) is 0 Å². The third kappa shape index (κ3) is 1.08. The Balaban J connectivity index is 1.66. The van der Waals surface area contributed by atoms with E-state index in [9.17, 15) is 0 Å². The molecule has 12 heavy (non-hydrogen) atoms. The molecular formula is C9H14O3. The SMILES string of the molecule is C1CCC([C@H]2OOC[C@@H]3O[C@@H]32)C1. The molecule has 3 rings (SSSR count). The lowest BCUT2D eigenvalue weighted by Crippen LogP contribution is -2.34. The van der Waals surface area contributed by atoms with E-state index in [0.29, 0.717) is 24.7 Å². The number of fused-ring (bicyclic) bond motifs is 1. The highest BCUT2D eigenvalue weighted by molar-refractivity contribution is 4.96. The zero-order valence-corrected chi connectivity index (χ0v) is 7.07. The van der Waals surface area contributed by atoms with Crippen molar-refractivity contribution < 1.29 is 14.5 Å². The molecule has 0 radical (unpaired) electrons. The van der Waals surface area contributed by atoms with Crippen LogP contribution in [0.4, 0.5) is 0 Å². The highest BCUT2D eigenvalue weighted by Crippen LogP contribution is 2.40. The quantitative estimate of drug-likeness (QED) is 0.438. The first-order valence-electron chi connectivity index (χ1n) is 4.89. The Bertz CT molecular complexity index is 177. The van der Waals surface area contributed by atoms with Gasteiger partial charge in [-0.3, -0.25) is 0 Å². The van der Waals surface area contributed by atoms with Crippen LogP contribution >= 0.6 is 0 Å². The third-order valence-corrected chi connectivity index (χ3v) is 3.22. The highest BCUT2D eigenvalue weighted by atomic mass is 17.2. The molecule has 3 aliphatic rings. The highest BCUT2D eigenvalue weighted by Gasteiger charge is 2.52. The van der Waals surface area contributed by atoms with E-state index < -0.39 is 0 Å². The predicted octanol–water partition coefficient (Wildman–Crippen LogP) is 1.27. The average molecular weight is 170 g/mol. The summed E-state index contributed by atoms with van der Waals surface area (Å²) in [5.74, 6) is 0.695. The van der Waals surface area contributed by atoms with Gasteiger partial charge in [0.15, 0.2) is 0 Å². The first-order chi connectivity index (χ1) is 5.95. The van der Waals surface area contributed by atoms with Gasteiger partial charge in [-0.1, -0.05) is 12.8 Å². The maximum absolute atomic E-state index is 5.45. The minimum atomic E-state index is 0.242. The molecular weight excluding hydrogens is 156 g/mol. The van der Waals surface area contributed by atoms with Gasteiger partial charge >= 0.3 is 0 Å². The first-order valence-corrected chi connectivity index (χ1v) is 4.89. The number of ether oxygens (including phenoxy) is 1. The smallest absolute Gasteiger partial charge is 0.124 e. The monoisotopic (exact) mass is 170 g/mol. The van der Waals surface area contributed by atoms with Gasteiger partial charge < -0.3 is 4.74 Å². The summed E-state index contributed by atoms with van der Waals surface area (Å²) in [7, 11) is 0. The zero-order valence-electron chi connectivity index (χ0n) is 7.07. The zero-order chi connectivity index (χ0) is 7.97. The van der Waals surface area contributed by atoms with E-state index in [4.69, 9.17) is 14.5 Å². The van der Waals surface area contributed by atoms with Gasteiger partial charge in [-0.2, -0.15) is 0 Å². The Morgan fingerprint density at radius 1 is 1.00 bits per heavy atom. The van der Waals surface area contributed by atoms with Crippen LogP contribution in [-0.2, 0) is 14.5 Å². The topological polar surface area (TPSA) is 31.0 Å². The molecule has 1 saturated carbocycles. The van der Waals surface area contributed by atoms with Crippen molar-refractivity contribution >= 4 is 0 Å². The van der Waals surface area contributed by atoms with Crippen molar-refractivity contribution in [2.75, 3.05) is 6.61 Å². The van der Waals surface area contributed by atoms with Crippen LogP contribution in [0.5, 0.6) is 0 Å². The summed E-state index contributed by atoms with van der Waals surface area (Å²) in [5, 5.41) is 0. The van der Waals surface area contributed by atoms with Gasteiger partial charge in [0.2, 0.25) is 0 Å². The minimum Gasteiger partial charge on any atom is -0.364 e. The number of rotatable bonds is 1. The van der Waals surface area contributed by atoms with Crippen LogP contribution < -0.4 is 0 Å². The van der Waals surface area contributed by atoms with Crippen LogP contribution in [0.1, 0.15) is 25.7 Å². The lowest BCUT2D eigenvalue weighted by Gasteiger charge is -2.23. The second-order valence-electron chi connectivity index (χ2n) is 4.03. The molecule has 2 aliphatic heterocycles. The van der Waals surface area contributed by atoms with Crippen molar-refractivity contribution in [2.24, 2.45) is 5.92 Å². The Labute approximate surface area is 71.9 Å². The molecule has 3 fully saturated rings. The normalized spacial score (nSPS) is 47.5. The van der Waals surface area contributed by atoms with E-state index in [2.05, 4.69) is 0 Å². The standard InChI is InChI=1S/C9H14O3/c1-2-4-6(3-1)8-9-7(11-9)5-10-12-8/h6-9H,1-5H2/t7-,8+,9-/m0/s1. The second-order valence-corrected chi connectivity index (χ2v) is 4.03. The Hall–Kier alpha value is -0.120. The van der Waals surface area contributed by atoms with E-state index >= 15 is 0 Å². The van der Waals surface area contributed by atoms with E-state index in [1.807, 2.05) is 0 Å². The average Bonchev–Trinajstić information content (AvgIpc) is 2.70.